The lowest BCUT2D eigenvalue weighted by atomic mass is 9.95. The molecule has 2 heterocycles. The van der Waals surface area contributed by atoms with Crippen LogP contribution in [-0.2, 0) is 75.4 Å². The maximum Gasteiger partial charge on any atom is 0.261 e. The Morgan fingerprint density at radius 2 is 0.932 bits per heavy atom. The van der Waals surface area contributed by atoms with Gasteiger partial charge in [0.2, 0.25) is 0 Å². The largest absolute Gasteiger partial charge is 0.405 e. The van der Waals surface area contributed by atoms with E-state index in [1.54, 1.807) is 11.8 Å². The molecule has 10 atom stereocenters. The minimum absolute atomic E-state index is 0.0630. The molecular weight excluding hydrogens is 1130 g/mol. The molecule has 0 spiro atoms. The molecule has 0 amide bonds. The van der Waals surface area contributed by atoms with Gasteiger partial charge >= 0.3 is 0 Å². The molecule has 2 saturated heterocycles. The summed E-state index contributed by atoms with van der Waals surface area (Å²) in [6, 6.07) is 83.2. The van der Waals surface area contributed by atoms with Crippen LogP contribution in [0.3, 0.4) is 0 Å². The highest BCUT2D eigenvalue weighted by Gasteiger charge is 2.56. The fraction of sp³-hybridized carbons (Fsp3) is 0.297. The van der Waals surface area contributed by atoms with Crippen molar-refractivity contribution in [2.24, 2.45) is 5.11 Å². The predicted molar refractivity (Wildman–Crippen MR) is 349 cm³/mol. The normalized spacial score (nSPS) is 22.2. The second-order valence-electron chi connectivity index (χ2n) is 23.5. The van der Waals surface area contributed by atoms with Crippen LogP contribution in [0.1, 0.15) is 54.2 Å². The van der Waals surface area contributed by atoms with Gasteiger partial charge in [-0.25, -0.2) is 0 Å². The molecule has 2 aliphatic heterocycles. The maximum absolute atomic E-state index is 10.8. The van der Waals surface area contributed by atoms with Crippen LogP contribution in [0.2, 0.25) is 5.04 Å². The Bertz CT molecular complexity index is 3570. The van der Waals surface area contributed by atoms with E-state index in [-0.39, 0.29) is 39.6 Å². The summed E-state index contributed by atoms with van der Waals surface area (Å²) in [6.45, 7) is 10.1. The second kappa shape index (κ2) is 30.3. The zero-order valence-electron chi connectivity index (χ0n) is 50.3. The number of hydrogen-bond donors (Lipinski definition) is 0. The van der Waals surface area contributed by atoms with Gasteiger partial charge < -0.3 is 42.3 Å². The molecule has 2 aliphatic rings. The molecule has 0 saturated carbocycles. The van der Waals surface area contributed by atoms with Gasteiger partial charge in [0.05, 0.1) is 46.2 Å². The highest BCUT2D eigenvalue weighted by atomic mass is 32.2. The highest BCUT2D eigenvalue weighted by molar-refractivity contribution is 7.99. The Morgan fingerprint density at radius 1 is 0.466 bits per heavy atom. The SMILES string of the molecule is Cc1ccc(S[C@@H]2O[C@H](CO[Si](c3ccccc3)(c3ccccc3)C(C)(C)C)[C@@H](O[C@H]3O[C@H](COCc4ccccc4)[C@@H](OCc4ccc5ccccc5c4)[C@H](OCc4ccccc4)[C@H]3N=[N+]=[N-])[C@H](OCc3ccccc3)[C@H]2OCc2ccccc2)cc1. The topological polar surface area (TPSA) is 132 Å². The van der Waals surface area contributed by atoms with Gasteiger partial charge in [0.15, 0.2) is 6.29 Å². The van der Waals surface area contributed by atoms with E-state index in [0.717, 1.165) is 59.4 Å². The molecule has 2 fully saturated rings. The van der Waals surface area contributed by atoms with E-state index >= 15 is 0 Å². The van der Waals surface area contributed by atoms with Gasteiger partial charge in [0.1, 0.15) is 54.2 Å². The van der Waals surface area contributed by atoms with E-state index in [1.165, 1.54) is 0 Å². The van der Waals surface area contributed by atoms with Gasteiger partial charge in [0, 0.05) is 9.81 Å². The first-order valence-electron chi connectivity index (χ1n) is 30.3. The zero-order chi connectivity index (χ0) is 60.6. The number of benzene rings is 9. The predicted octanol–water partition coefficient (Wildman–Crippen LogP) is 14.9. The molecule has 88 heavy (non-hydrogen) atoms. The summed E-state index contributed by atoms with van der Waals surface area (Å²) in [5, 5.41) is 8.62. The summed E-state index contributed by atoms with van der Waals surface area (Å²) in [6.07, 6.45) is -7.36. The van der Waals surface area contributed by atoms with Crippen molar-refractivity contribution < 1.29 is 42.3 Å². The van der Waals surface area contributed by atoms with Crippen LogP contribution in [0.5, 0.6) is 0 Å². The average molecular weight is 1210 g/mol. The molecule has 0 aromatic heterocycles. The Morgan fingerprint density at radius 3 is 1.48 bits per heavy atom. The van der Waals surface area contributed by atoms with Gasteiger partial charge in [0.25, 0.3) is 8.32 Å². The molecule has 9 aromatic rings. The van der Waals surface area contributed by atoms with Crippen molar-refractivity contribution in [3.63, 3.8) is 0 Å². The lowest BCUT2D eigenvalue weighted by molar-refractivity contribution is -0.330. The Hall–Kier alpha value is -7.24. The Kier molecular flexibility index (Phi) is 21.5. The fourth-order valence-corrected chi connectivity index (χ4v) is 17.6. The van der Waals surface area contributed by atoms with Crippen molar-refractivity contribution >= 4 is 41.2 Å². The minimum Gasteiger partial charge on any atom is -0.405 e. The molecule has 0 unspecified atom stereocenters. The van der Waals surface area contributed by atoms with Gasteiger partial charge in [-0.3, -0.25) is 0 Å². The maximum atomic E-state index is 10.8. The van der Waals surface area contributed by atoms with Crippen LogP contribution in [0.25, 0.3) is 21.2 Å². The number of thioether (sulfide) groups is 1. The molecule has 0 aliphatic carbocycles. The first kappa shape index (κ1) is 62.4. The van der Waals surface area contributed by atoms with E-state index in [0.29, 0.717) is 6.61 Å². The lowest BCUT2D eigenvalue weighted by Crippen LogP contribution is -2.69. The van der Waals surface area contributed by atoms with Crippen molar-refractivity contribution in [1.29, 1.82) is 0 Å². The number of azide groups is 1. The average Bonchev–Trinajstić information content (AvgIpc) is 0.881. The van der Waals surface area contributed by atoms with Gasteiger partial charge in [-0.15, -0.1) is 0 Å². The van der Waals surface area contributed by atoms with E-state index in [2.05, 4.69) is 153 Å². The van der Waals surface area contributed by atoms with E-state index in [1.807, 2.05) is 133 Å². The number of aryl methyl sites for hydroxylation is 1. The van der Waals surface area contributed by atoms with Crippen LogP contribution >= 0.6 is 11.8 Å². The third-order valence-corrected chi connectivity index (χ3v) is 22.5. The summed E-state index contributed by atoms with van der Waals surface area (Å²) < 4.78 is 66.0. The minimum atomic E-state index is -3.25. The first-order valence-corrected chi connectivity index (χ1v) is 33.1. The monoisotopic (exact) mass is 1210 g/mol. The lowest BCUT2D eigenvalue weighted by Gasteiger charge is -2.51. The summed E-state index contributed by atoms with van der Waals surface area (Å²) in [7, 11) is -3.25. The van der Waals surface area contributed by atoms with Crippen LogP contribution in [-0.4, -0.2) is 82.0 Å². The van der Waals surface area contributed by atoms with E-state index < -0.39 is 73.9 Å². The molecule has 0 bridgehead atoms. The molecule has 0 radical (unpaired) electrons. The third kappa shape index (κ3) is 15.6. The van der Waals surface area contributed by atoms with Crippen molar-refractivity contribution in [3.8, 4) is 0 Å². The van der Waals surface area contributed by atoms with Crippen molar-refractivity contribution in [2.45, 2.75) is 131 Å². The molecule has 11 rings (SSSR count). The third-order valence-electron chi connectivity index (χ3n) is 16.3. The number of fused-ring (bicyclic) bond motifs is 1. The fourth-order valence-electron chi connectivity index (χ4n) is 11.9. The summed E-state index contributed by atoms with van der Waals surface area (Å²) in [5.74, 6) is 0. The summed E-state index contributed by atoms with van der Waals surface area (Å²) in [4.78, 5) is 4.52. The molecule has 14 heteroatoms. The van der Waals surface area contributed by atoms with Gasteiger partial charge in [-0.1, -0.05) is 274 Å². The van der Waals surface area contributed by atoms with Crippen molar-refractivity contribution in [3.05, 3.63) is 293 Å². The van der Waals surface area contributed by atoms with Crippen LogP contribution in [0, 0.1) is 6.92 Å². The van der Waals surface area contributed by atoms with Gasteiger partial charge in [-0.05, 0) is 84.7 Å². The van der Waals surface area contributed by atoms with Crippen LogP contribution in [0.15, 0.2) is 259 Å². The van der Waals surface area contributed by atoms with Gasteiger partial charge in [-0.2, -0.15) is 0 Å². The Labute approximate surface area is 522 Å². The Balaban J connectivity index is 1.04. The molecule has 9 aromatic carbocycles. The quantitative estimate of drug-likeness (QED) is 0.0223. The number of ether oxygens (including phenoxy) is 8. The van der Waals surface area contributed by atoms with E-state index in [4.69, 9.17) is 42.3 Å². The highest BCUT2D eigenvalue weighted by Crippen LogP contribution is 2.43. The van der Waals surface area contributed by atoms with Crippen molar-refractivity contribution in [2.75, 3.05) is 13.2 Å². The van der Waals surface area contributed by atoms with Crippen molar-refractivity contribution in [1.82, 2.24) is 0 Å². The molecule has 0 N–H and O–H groups in total. The van der Waals surface area contributed by atoms with E-state index in [9.17, 15) is 5.53 Å². The summed E-state index contributed by atoms with van der Waals surface area (Å²) >= 11 is 1.57. The summed E-state index contributed by atoms with van der Waals surface area (Å²) in [5.41, 5.74) is 16.1. The zero-order valence-corrected chi connectivity index (χ0v) is 52.1. The molecular formula is C74H77N3O9SSi. The number of nitrogens with zero attached hydrogens (tertiary/aromatic N) is 3. The number of hydrogen-bond acceptors (Lipinski definition) is 11. The number of rotatable bonds is 26. The molecule has 12 nitrogen and oxygen atoms in total. The molecule has 452 valence electrons. The standard InChI is InChI=1S/C74H77N3O9SSi/c1-53-39-43-61(44-40-53)87-73-71(82-49-57-31-17-8-18-32-57)70(81-48-56-29-15-7-16-30-56)68(65(85-73)52-83-88(74(2,3)4,62-35-19-9-20-36-62)63-37-21-10-22-38-63)86-72-66(76-77-75)69(80-47-55-27-13-6-14-28-55)67(64(84-72)51-78-46-54-25-11-5-12-26-54)79-50-58-41-42-59-33-23-24-34-60(59)45-58/h5-45,64-73H,46-52H2,1-4H3/t64-,65-,66-,67-,68-,69-,70+,71-,72-,73+/m1/s1. The van der Waals surface area contributed by atoms with Crippen LogP contribution < -0.4 is 10.4 Å². The second-order valence-corrected chi connectivity index (χ2v) is 29.0. The van der Waals surface area contributed by atoms with Crippen LogP contribution in [0.4, 0.5) is 0 Å². The smallest absolute Gasteiger partial charge is 0.261 e. The first-order chi connectivity index (χ1) is 43.1.